The van der Waals surface area contributed by atoms with Gasteiger partial charge in [-0.25, -0.2) is 4.39 Å². The highest BCUT2D eigenvalue weighted by Gasteiger charge is 2.16. The Morgan fingerprint density at radius 2 is 1.77 bits per heavy atom. The van der Waals surface area contributed by atoms with Crippen LogP contribution in [0.5, 0.6) is 0 Å². The molecule has 0 saturated carbocycles. The molecule has 0 saturated heterocycles. The van der Waals surface area contributed by atoms with E-state index in [2.05, 4.69) is 0 Å². The zero-order valence-corrected chi connectivity index (χ0v) is 13.7. The second kappa shape index (κ2) is 7.27. The summed E-state index contributed by atoms with van der Waals surface area (Å²) in [5, 5.41) is 0. The molecule has 0 N–H and O–H groups in total. The SMILES string of the molecule is CSc1ccc(C(=O)/C(=C/N(C)C)c2ccccc2)cc1F. The summed E-state index contributed by atoms with van der Waals surface area (Å²) >= 11 is 1.32. The first-order valence-corrected chi connectivity index (χ1v) is 8.07. The number of benzene rings is 2. The molecule has 0 atom stereocenters. The van der Waals surface area contributed by atoms with E-state index in [9.17, 15) is 9.18 Å². The highest BCUT2D eigenvalue weighted by Crippen LogP contribution is 2.24. The lowest BCUT2D eigenvalue weighted by Gasteiger charge is -2.12. The van der Waals surface area contributed by atoms with E-state index in [1.807, 2.05) is 49.3 Å². The van der Waals surface area contributed by atoms with Gasteiger partial charge < -0.3 is 4.90 Å². The van der Waals surface area contributed by atoms with Gasteiger partial charge in [0.15, 0.2) is 5.78 Å². The van der Waals surface area contributed by atoms with E-state index < -0.39 is 0 Å². The number of hydrogen-bond acceptors (Lipinski definition) is 3. The highest BCUT2D eigenvalue weighted by atomic mass is 32.2. The normalized spacial score (nSPS) is 11.4. The van der Waals surface area contributed by atoms with Crippen LogP contribution in [0.15, 0.2) is 59.6 Å². The number of nitrogens with zero attached hydrogens (tertiary/aromatic N) is 1. The number of Topliss-reactive ketones (excluding diaryl/α,β-unsaturated/α-hetero) is 1. The summed E-state index contributed by atoms with van der Waals surface area (Å²) in [5.41, 5.74) is 1.71. The van der Waals surface area contributed by atoms with Crippen molar-refractivity contribution in [2.24, 2.45) is 0 Å². The molecule has 114 valence electrons. The summed E-state index contributed by atoms with van der Waals surface area (Å²) in [6.07, 6.45) is 3.57. The molecule has 0 aromatic heterocycles. The van der Waals surface area contributed by atoms with Crippen molar-refractivity contribution in [3.8, 4) is 0 Å². The minimum Gasteiger partial charge on any atom is -0.383 e. The standard InChI is InChI=1S/C18H18FNOS/c1-20(2)12-15(13-7-5-4-6-8-13)18(21)14-9-10-17(22-3)16(19)11-14/h4-12H,1-3H3/b15-12+. The zero-order chi connectivity index (χ0) is 16.1. The number of carbonyl (C=O) groups is 1. The fourth-order valence-electron chi connectivity index (χ4n) is 2.10. The molecule has 0 heterocycles. The molecule has 0 aliphatic heterocycles. The molecule has 2 rings (SSSR count). The lowest BCUT2D eigenvalue weighted by atomic mass is 9.97. The molecule has 2 aromatic carbocycles. The van der Waals surface area contributed by atoms with Gasteiger partial charge in [-0.15, -0.1) is 11.8 Å². The summed E-state index contributed by atoms with van der Waals surface area (Å²) < 4.78 is 13.9. The maximum Gasteiger partial charge on any atom is 0.195 e. The van der Waals surface area contributed by atoms with E-state index in [-0.39, 0.29) is 11.6 Å². The van der Waals surface area contributed by atoms with Gasteiger partial charge in [0.2, 0.25) is 0 Å². The van der Waals surface area contributed by atoms with Crippen LogP contribution in [0.4, 0.5) is 4.39 Å². The van der Waals surface area contributed by atoms with E-state index in [4.69, 9.17) is 0 Å². The third-order valence-corrected chi connectivity index (χ3v) is 3.90. The fourth-order valence-corrected chi connectivity index (χ4v) is 2.56. The molecule has 0 radical (unpaired) electrons. The first-order valence-electron chi connectivity index (χ1n) is 6.85. The van der Waals surface area contributed by atoms with Crippen molar-refractivity contribution in [2.45, 2.75) is 4.90 Å². The van der Waals surface area contributed by atoms with Crippen molar-refractivity contribution >= 4 is 23.1 Å². The number of ketones is 1. The molecule has 0 amide bonds. The van der Waals surface area contributed by atoms with Gasteiger partial charge in [0, 0.05) is 36.3 Å². The summed E-state index contributed by atoms with van der Waals surface area (Å²) in [5.74, 6) is -0.554. The maximum absolute atomic E-state index is 13.9. The van der Waals surface area contributed by atoms with Crippen LogP contribution in [0.25, 0.3) is 5.57 Å². The topological polar surface area (TPSA) is 20.3 Å². The van der Waals surface area contributed by atoms with Gasteiger partial charge in [-0.05, 0) is 30.0 Å². The zero-order valence-electron chi connectivity index (χ0n) is 12.8. The van der Waals surface area contributed by atoms with Crippen LogP contribution in [-0.4, -0.2) is 31.0 Å². The van der Waals surface area contributed by atoms with E-state index in [1.54, 1.807) is 24.6 Å². The van der Waals surface area contributed by atoms with E-state index >= 15 is 0 Å². The summed E-state index contributed by atoms with van der Waals surface area (Å²) in [6, 6.07) is 14.0. The molecule has 22 heavy (non-hydrogen) atoms. The molecule has 0 aliphatic rings. The number of thioether (sulfide) groups is 1. The Bertz CT molecular complexity index is 695. The molecule has 2 nitrogen and oxygen atoms in total. The average molecular weight is 315 g/mol. The Morgan fingerprint density at radius 1 is 1.09 bits per heavy atom. The number of rotatable bonds is 5. The summed E-state index contributed by atoms with van der Waals surface area (Å²) in [4.78, 5) is 15.1. The Balaban J connectivity index is 2.45. The molecule has 0 bridgehead atoms. The van der Waals surface area contributed by atoms with Gasteiger partial charge in [0.1, 0.15) is 5.82 Å². The van der Waals surface area contributed by atoms with Crippen molar-refractivity contribution in [3.05, 3.63) is 71.7 Å². The van der Waals surface area contributed by atoms with Crippen LogP contribution in [0.3, 0.4) is 0 Å². The van der Waals surface area contributed by atoms with Crippen LogP contribution in [0.1, 0.15) is 15.9 Å². The van der Waals surface area contributed by atoms with E-state index in [1.165, 1.54) is 17.8 Å². The van der Waals surface area contributed by atoms with Crippen LogP contribution in [0, 0.1) is 5.82 Å². The van der Waals surface area contributed by atoms with Crippen LogP contribution in [0.2, 0.25) is 0 Å². The lowest BCUT2D eigenvalue weighted by molar-refractivity contribution is 0.105. The number of hydrogen-bond donors (Lipinski definition) is 0. The maximum atomic E-state index is 13.9. The minimum atomic E-state index is -0.365. The van der Waals surface area contributed by atoms with Crippen molar-refractivity contribution in [2.75, 3.05) is 20.4 Å². The monoisotopic (exact) mass is 315 g/mol. The van der Waals surface area contributed by atoms with Gasteiger partial charge in [0.25, 0.3) is 0 Å². The van der Waals surface area contributed by atoms with Gasteiger partial charge in [-0.1, -0.05) is 30.3 Å². The Hall–Kier alpha value is -2.07. The first kappa shape index (κ1) is 16.3. The van der Waals surface area contributed by atoms with Crippen molar-refractivity contribution in [1.29, 1.82) is 0 Å². The smallest absolute Gasteiger partial charge is 0.195 e. The van der Waals surface area contributed by atoms with Crippen LogP contribution in [-0.2, 0) is 0 Å². The van der Waals surface area contributed by atoms with E-state index in [0.717, 1.165) is 5.56 Å². The third kappa shape index (κ3) is 3.77. The fraction of sp³-hybridized carbons (Fsp3) is 0.167. The first-order chi connectivity index (χ1) is 10.5. The third-order valence-electron chi connectivity index (χ3n) is 3.13. The summed E-state index contributed by atoms with van der Waals surface area (Å²) in [7, 11) is 3.71. The second-order valence-corrected chi connectivity index (χ2v) is 5.90. The Labute approximate surface area is 134 Å². The summed E-state index contributed by atoms with van der Waals surface area (Å²) in [6.45, 7) is 0. The second-order valence-electron chi connectivity index (χ2n) is 5.05. The van der Waals surface area contributed by atoms with E-state index in [0.29, 0.717) is 16.0 Å². The van der Waals surface area contributed by atoms with Gasteiger partial charge in [-0.3, -0.25) is 4.79 Å². The van der Waals surface area contributed by atoms with Crippen molar-refractivity contribution in [1.82, 2.24) is 4.90 Å². The predicted octanol–water partition coefficient (Wildman–Crippen LogP) is 4.33. The predicted molar refractivity (Wildman–Crippen MR) is 90.6 cm³/mol. The van der Waals surface area contributed by atoms with Gasteiger partial charge >= 0.3 is 0 Å². The van der Waals surface area contributed by atoms with Crippen LogP contribution >= 0.6 is 11.8 Å². The van der Waals surface area contributed by atoms with Crippen molar-refractivity contribution < 1.29 is 9.18 Å². The van der Waals surface area contributed by atoms with Crippen LogP contribution < -0.4 is 0 Å². The molecule has 0 aliphatic carbocycles. The largest absolute Gasteiger partial charge is 0.383 e. The molecule has 0 fully saturated rings. The molecular formula is C18H18FNOS. The Kier molecular flexibility index (Phi) is 5.39. The molecule has 2 aromatic rings. The molecule has 0 spiro atoms. The number of allylic oxidation sites excluding steroid dienone is 1. The number of carbonyl (C=O) groups excluding carboxylic acids is 1. The Morgan fingerprint density at radius 3 is 2.32 bits per heavy atom. The minimum absolute atomic E-state index is 0.188. The lowest BCUT2D eigenvalue weighted by Crippen LogP contribution is -2.09. The molecule has 4 heteroatoms. The molecule has 0 unspecified atom stereocenters. The average Bonchev–Trinajstić information content (AvgIpc) is 2.52. The number of halogens is 1. The van der Waals surface area contributed by atoms with Gasteiger partial charge in [0.05, 0.1) is 0 Å². The molecular weight excluding hydrogens is 297 g/mol. The van der Waals surface area contributed by atoms with Crippen molar-refractivity contribution in [3.63, 3.8) is 0 Å². The quantitative estimate of drug-likeness (QED) is 0.465. The highest BCUT2D eigenvalue weighted by molar-refractivity contribution is 7.98. The van der Waals surface area contributed by atoms with Gasteiger partial charge in [-0.2, -0.15) is 0 Å².